The van der Waals surface area contributed by atoms with E-state index in [0.29, 0.717) is 17.6 Å². The van der Waals surface area contributed by atoms with Gasteiger partial charge in [0.05, 0.1) is 28.1 Å². The molecule has 5 heteroatoms. The molecule has 4 heterocycles. The third-order valence-electron chi connectivity index (χ3n) is 11.2. The fourth-order valence-electron chi connectivity index (χ4n) is 8.73. The first kappa shape index (κ1) is 29.2. The zero-order valence-electron chi connectivity index (χ0n) is 28.9. The molecule has 0 spiro atoms. The number of fused-ring (bicyclic) bond motifs is 9. The van der Waals surface area contributed by atoms with E-state index in [1.165, 1.54) is 60.9 Å². The highest BCUT2D eigenvalue weighted by Crippen LogP contribution is 2.58. The molecule has 0 unspecified atom stereocenters. The molecule has 7 aromatic carbocycles. The molecule has 0 saturated heterocycles. The van der Waals surface area contributed by atoms with Crippen molar-refractivity contribution in [2.75, 3.05) is 4.90 Å². The molecule has 52 heavy (non-hydrogen) atoms. The van der Waals surface area contributed by atoms with Gasteiger partial charge < -0.3 is 4.90 Å². The van der Waals surface area contributed by atoms with Crippen LogP contribution in [0.2, 0.25) is 0 Å². The summed E-state index contributed by atoms with van der Waals surface area (Å²) < 4.78 is 2.30. The molecule has 0 bridgehead atoms. The molecule has 0 amide bonds. The Morgan fingerprint density at radius 1 is 0.538 bits per heavy atom. The molecule has 2 aliphatic rings. The van der Waals surface area contributed by atoms with Gasteiger partial charge in [0, 0.05) is 39.3 Å². The third kappa shape index (κ3) is 4.08. The quantitative estimate of drug-likeness (QED) is 0.188. The Morgan fingerprint density at radius 2 is 1.15 bits per heavy atom. The highest BCUT2D eigenvalue weighted by atomic mass is 15.2. The van der Waals surface area contributed by atoms with Crippen LogP contribution in [0.15, 0.2) is 152 Å². The topological polar surface area (TPSA) is 46.8 Å². The van der Waals surface area contributed by atoms with Crippen LogP contribution in [0.3, 0.4) is 0 Å². The third-order valence-corrected chi connectivity index (χ3v) is 11.2. The molecule has 0 fully saturated rings. The van der Waals surface area contributed by atoms with Crippen molar-refractivity contribution in [1.29, 1.82) is 0 Å². The molecule has 2 aromatic heterocycles. The smallest absolute Gasteiger partial charge is 0.238 e. The largest absolute Gasteiger partial charge is 0.309 e. The second-order valence-corrected chi connectivity index (χ2v) is 14.5. The predicted molar refractivity (Wildman–Crippen MR) is 212 cm³/mol. The summed E-state index contributed by atoms with van der Waals surface area (Å²) in [5.41, 5.74) is 12.9. The minimum absolute atomic E-state index is 0.225. The summed E-state index contributed by atoms with van der Waals surface area (Å²) in [6.07, 6.45) is 0.785. The molecule has 2 aliphatic heterocycles. The van der Waals surface area contributed by atoms with Gasteiger partial charge in [-0.3, -0.25) is 4.57 Å². The van der Waals surface area contributed by atoms with Crippen molar-refractivity contribution in [2.24, 2.45) is 0 Å². The molecular formula is C47H33N5. The van der Waals surface area contributed by atoms with Gasteiger partial charge in [-0.1, -0.05) is 135 Å². The summed E-state index contributed by atoms with van der Waals surface area (Å²) in [5.74, 6) is 1.91. The van der Waals surface area contributed by atoms with Gasteiger partial charge in [0.1, 0.15) is 0 Å². The SMILES string of the molecule is CC1(C)c2ccccc2N2c3cc4ccccc4cc3Cc3c2c1cc1c2ccccc2n(-c2nc(-c4ccccc4)nc(-c4ccccc4)n2)c31. The van der Waals surface area contributed by atoms with Crippen LogP contribution in [-0.2, 0) is 11.8 Å². The zero-order valence-corrected chi connectivity index (χ0v) is 28.9. The number of rotatable bonds is 3. The van der Waals surface area contributed by atoms with E-state index in [4.69, 9.17) is 15.0 Å². The number of para-hydroxylation sites is 2. The number of hydrogen-bond acceptors (Lipinski definition) is 4. The van der Waals surface area contributed by atoms with E-state index in [1.54, 1.807) is 0 Å². The van der Waals surface area contributed by atoms with Crippen molar-refractivity contribution in [3.63, 3.8) is 0 Å². The summed E-state index contributed by atoms with van der Waals surface area (Å²) in [6, 6.07) is 54.1. The van der Waals surface area contributed by atoms with Gasteiger partial charge in [-0.05, 0) is 57.8 Å². The molecular weight excluding hydrogens is 635 g/mol. The summed E-state index contributed by atoms with van der Waals surface area (Å²) in [7, 11) is 0. The van der Waals surface area contributed by atoms with E-state index < -0.39 is 0 Å². The lowest BCUT2D eigenvalue weighted by Gasteiger charge is -2.46. The van der Waals surface area contributed by atoms with Crippen molar-refractivity contribution in [3.8, 4) is 28.7 Å². The van der Waals surface area contributed by atoms with Gasteiger partial charge in [0.15, 0.2) is 11.6 Å². The first-order valence-corrected chi connectivity index (χ1v) is 17.9. The Labute approximate surface area is 301 Å². The molecule has 0 radical (unpaired) electrons. The van der Waals surface area contributed by atoms with Crippen LogP contribution in [0.25, 0.3) is 61.3 Å². The molecule has 0 N–H and O–H groups in total. The highest BCUT2D eigenvalue weighted by molar-refractivity contribution is 6.14. The molecule has 11 rings (SSSR count). The van der Waals surface area contributed by atoms with Gasteiger partial charge in [0.25, 0.3) is 0 Å². The maximum Gasteiger partial charge on any atom is 0.238 e. The zero-order chi connectivity index (χ0) is 34.6. The predicted octanol–water partition coefficient (Wildman–Crippen LogP) is 11.5. The molecule has 5 nitrogen and oxygen atoms in total. The van der Waals surface area contributed by atoms with E-state index in [1.807, 2.05) is 36.4 Å². The standard InChI is InChI=1S/C47H33N5/c1-47(2)37-22-12-14-24-40(37)51-41-27-32-20-10-9-19-31(32)25-33(41)26-36-42-35(28-38(47)43(36)51)34-21-11-13-23-39(34)52(42)46-49-44(29-15-5-3-6-16-29)48-45(50-46)30-17-7-4-8-18-30/h3-25,27-28H,26H2,1-2H3. The molecule has 9 aromatic rings. The number of nitrogens with zero attached hydrogens (tertiary/aromatic N) is 5. The maximum atomic E-state index is 5.27. The van der Waals surface area contributed by atoms with Crippen LogP contribution in [0.1, 0.15) is 36.1 Å². The van der Waals surface area contributed by atoms with E-state index in [0.717, 1.165) is 28.6 Å². The second-order valence-electron chi connectivity index (χ2n) is 14.5. The lowest BCUT2D eigenvalue weighted by atomic mass is 9.71. The van der Waals surface area contributed by atoms with E-state index in [9.17, 15) is 0 Å². The van der Waals surface area contributed by atoms with E-state index >= 15 is 0 Å². The van der Waals surface area contributed by atoms with Crippen molar-refractivity contribution in [1.82, 2.24) is 19.5 Å². The van der Waals surface area contributed by atoms with E-state index in [2.05, 4.69) is 139 Å². The van der Waals surface area contributed by atoms with Gasteiger partial charge >= 0.3 is 0 Å². The normalized spacial score (nSPS) is 14.0. The van der Waals surface area contributed by atoms with Crippen molar-refractivity contribution >= 4 is 49.6 Å². The van der Waals surface area contributed by atoms with Gasteiger partial charge in [-0.15, -0.1) is 0 Å². The Kier molecular flexibility index (Phi) is 6.01. The van der Waals surface area contributed by atoms with Crippen molar-refractivity contribution in [3.05, 3.63) is 174 Å². The monoisotopic (exact) mass is 667 g/mol. The highest BCUT2D eigenvalue weighted by Gasteiger charge is 2.42. The summed E-state index contributed by atoms with van der Waals surface area (Å²) >= 11 is 0. The maximum absolute atomic E-state index is 5.27. The second kappa shape index (κ2) is 10.7. The summed E-state index contributed by atoms with van der Waals surface area (Å²) in [4.78, 5) is 18.1. The van der Waals surface area contributed by atoms with Crippen LogP contribution >= 0.6 is 0 Å². The minimum Gasteiger partial charge on any atom is -0.309 e. The fraction of sp³-hybridized carbons (Fsp3) is 0.0851. The first-order chi connectivity index (χ1) is 25.5. The Balaban J connectivity index is 1.29. The van der Waals surface area contributed by atoms with Gasteiger partial charge in [0.2, 0.25) is 5.95 Å². The van der Waals surface area contributed by atoms with Crippen LogP contribution in [-0.4, -0.2) is 19.5 Å². The van der Waals surface area contributed by atoms with Crippen molar-refractivity contribution in [2.45, 2.75) is 25.7 Å². The molecule has 0 saturated carbocycles. The Morgan fingerprint density at radius 3 is 1.88 bits per heavy atom. The summed E-state index contributed by atoms with van der Waals surface area (Å²) in [6.45, 7) is 4.76. The van der Waals surface area contributed by atoms with Crippen LogP contribution in [0.4, 0.5) is 17.1 Å². The minimum atomic E-state index is -0.225. The van der Waals surface area contributed by atoms with Crippen LogP contribution in [0, 0.1) is 0 Å². The molecule has 0 aliphatic carbocycles. The van der Waals surface area contributed by atoms with Crippen LogP contribution < -0.4 is 4.90 Å². The molecule has 246 valence electrons. The van der Waals surface area contributed by atoms with Gasteiger partial charge in [-0.25, -0.2) is 4.98 Å². The Bertz CT molecular complexity index is 2850. The molecule has 0 atom stereocenters. The first-order valence-electron chi connectivity index (χ1n) is 17.9. The number of benzene rings is 7. The Hall–Kier alpha value is -6.59. The number of anilines is 3. The van der Waals surface area contributed by atoms with Crippen molar-refractivity contribution < 1.29 is 0 Å². The summed E-state index contributed by atoms with van der Waals surface area (Å²) in [5, 5.41) is 4.89. The lowest BCUT2D eigenvalue weighted by molar-refractivity contribution is 0.630. The average molecular weight is 668 g/mol. The van der Waals surface area contributed by atoms with Gasteiger partial charge in [-0.2, -0.15) is 9.97 Å². The number of aromatic nitrogens is 4. The number of hydrogen-bond donors (Lipinski definition) is 0. The fourth-order valence-corrected chi connectivity index (χ4v) is 8.73. The van der Waals surface area contributed by atoms with E-state index in [-0.39, 0.29) is 5.41 Å². The van der Waals surface area contributed by atoms with Crippen LogP contribution in [0.5, 0.6) is 0 Å². The average Bonchev–Trinajstić information content (AvgIpc) is 3.54. The lowest BCUT2D eigenvalue weighted by Crippen LogP contribution is -2.33.